The number of rotatable bonds is 4. The number of imide groups is 1. The van der Waals surface area contributed by atoms with Gasteiger partial charge in [-0.2, -0.15) is 13.2 Å². The Morgan fingerprint density at radius 3 is 2.76 bits per heavy atom. The first-order valence-electron chi connectivity index (χ1n) is 8.21. The topological polar surface area (TPSA) is 81.4 Å². The van der Waals surface area contributed by atoms with Crippen LogP contribution in [0.25, 0.3) is 28.2 Å². The molecule has 10 heteroatoms. The molecule has 29 heavy (non-hydrogen) atoms. The summed E-state index contributed by atoms with van der Waals surface area (Å²) in [6, 6.07) is 7.79. The number of aromatic nitrogens is 1. The van der Waals surface area contributed by atoms with E-state index in [1.54, 1.807) is 24.4 Å². The molecule has 0 unspecified atom stereocenters. The van der Waals surface area contributed by atoms with Gasteiger partial charge in [0, 0.05) is 29.4 Å². The average molecular weight is 420 g/mol. The number of hydrogen-bond donors (Lipinski definition) is 1. The minimum atomic E-state index is -4.44. The van der Waals surface area contributed by atoms with Gasteiger partial charge >= 0.3 is 6.18 Å². The Kier molecular flexibility index (Phi) is 4.79. The van der Waals surface area contributed by atoms with E-state index in [4.69, 9.17) is 9.15 Å². The number of halogens is 3. The van der Waals surface area contributed by atoms with Gasteiger partial charge in [-0.3, -0.25) is 19.9 Å². The molecule has 0 saturated carbocycles. The minimum Gasteiger partial charge on any atom is -0.484 e. The van der Waals surface area contributed by atoms with E-state index in [1.807, 2.05) is 0 Å². The monoisotopic (exact) mass is 420 g/mol. The molecule has 6 nitrogen and oxygen atoms in total. The maximum Gasteiger partial charge on any atom is 0.422 e. The van der Waals surface area contributed by atoms with Gasteiger partial charge in [0.2, 0.25) is 0 Å². The second kappa shape index (κ2) is 7.28. The second-order valence-electron chi connectivity index (χ2n) is 6.04. The van der Waals surface area contributed by atoms with Gasteiger partial charge < -0.3 is 9.15 Å². The molecule has 0 radical (unpaired) electrons. The average Bonchev–Trinajstić information content (AvgIpc) is 3.21. The van der Waals surface area contributed by atoms with E-state index in [-0.39, 0.29) is 10.7 Å². The molecule has 4 rings (SSSR count). The third-order valence-electron chi connectivity index (χ3n) is 3.90. The Balaban J connectivity index is 1.68. The number of pyridine rings is 1. The van der Waals surface area contributed by atoms with Gasteiger partial charge in [0.1, 0.15) is 17.1 Å². The van der Waals surface area contributed by atoms with Gasteiger partial charge in [-0.25, -0.2) is 0 Å². The molecule has 1 aliphatic heterocycles. The molecule has 0 atom stereocenters. The zero-order valence-corrected chi connectivity index (χ0v) is 15.3. The molecule has 1 aromatic carbocycles. The lowest BCUT2D eigenvalue weighted by Crippen LogP contribution is -2.19. The highest BCUT2D eigenvalue weighted by atomic mass is 32.2. The van der Waals surface area contributed by atoms with Crippen molar-refractivity contribution in [3.05, 3.63) is 53.4 Å². The van der Waals surface area contributed by atoms with Crippen LogP contribution in [0.5, 0.6) is 5.75 Å². The van der Waals surface area contributed by atoms with Crippen LogP contribution in [0.15, 0.2) is 52.0 Å². The van der Waals surface area contributed by atoms with Crippen LogP contribution >= 0.6 is 11.8 Å². The Morgan fingerprint density at radius 2 is 2.03 bits per heavy atom. The lowest BCUT2D eigenvalue weighted by molar-refractivity contribution is -0.153. The Bertz CT molecular complexity index is 1150. The lowest BCUT2D eigenvalue weighted by Gasteiger charge is -2.10. The summed E-state index contributed by atoms with van der Waals surface area (Å²) in [7, 11) is 0. The standard InChI is InChI=1S/C19H11F3N2O4S/c20-19(21,22)9-27-12-3-1-2-10(4-12)14-8-23-7-11-5-13(28-16(11)14)6-15-17(25)24-18(26)29-15/h1-8H,9H2,(H,24,25,26). The summed E-state index contributed by atoms with van der Waals surface area (Å²) >= 11 is 0.766. The first kappa shape index (κ1) is 19.1. The predicted octanol–water partition coefficient (Wildman–Crippen LogP) is 4.76. The van der Waals surface area contributed by atoms with E-state index in [9.17, 15) is 22.8 Å². The number of fused-ring (bicyclic) bond motifs is 1. The normalized spacial score (nSPS) is 15.9. The SMILES string of the molecule is O=C1NC(=O)C(=Cc2cc3cncc(-c4cccc(OCC(F)(F)F)c4)c3o2)S1. The van der Waals surface area contributed by atoms with E-state index in [2.05, 4.69) is 10.3 Å². The number of carbonyl (C=O) groups is 2. The van der Waals surface area contributed by atoms with Crippen LogP contribution in [0.2, 0.25) is 0 Å². The van der Waals surface area contributed by atoms with E-state index in [0.29, 0.717) is 27.9 Å². The Hall–Kier alpha value is -3.27. The van der Waals surface area contributed by atoms with Crippen LogP contribution in [0.4, 0.5) is 18.0 Å². The van der Waals surface area contributed by atoms with Crippen molar-refractivity contribution in [2.75, 3.05) is 6.61 Å². The summed E-state index contributed by atoms with van der Waals surface area (Å²) in [6.45, 7) is -1.39. The van der Waals surface area contributed by atoms with Gasteiger partial charge in [0.05, 0.1) is 4.91 Å². The molecule has 3 heterocycles. The number of ether oxygens (including phenoxy) is 1. The molecule has 2 amide bonds. The fraction of sp³-hybridized carbons (Fsp3) is 0.105. The number of benzene rings is 1. The Labute approximate surface area is 165 Å². The first-order chi connectivity index (χ1) is 13.8. The van der Waals surface area contributed by atoms with Gasteiger partial charge in [0.25, 0.3) is 11.1 Å². The van der Waals surface area contributed by atoms with Crippen LogP contribution in [0, 0.1) is 0 Å². The van der Waals surface area contributed by atoms with Crippen molar-refractivity contribution in [1.29, 1.82) is 0 Å². The van der Waals surface area contributed by atoms with Crippen LogP contribution in [-0.2, 0) is 4.79 Å². The lowest BCUT2D eigenvalue weighted by atomic mass is 10.1. The summed E-state index contributed by atoms with van der Waals surface area (Å²) in [5.74, 6) is -0.109. The molecule has 3 aromatic rings. The summed E-state index contributed by atoms with van der Waals surface area (Å²) in [4.78, 5) is 27.3. The fourth-order valence-corrected chi connectivity index (χ4v) is 3.39. The maximum atomic E-state index is 12.4. The maximum absolute atomic E-state index is 12.4. The number of carbonyl (C=O) groups excluding carboxylic acids is 2. The Morgan fingerprint density at radius 1 is 1.21 bits per heavy atom. The molecule has 148 valence electrons. The van der Waals surface area contributed by atoms with E-state index >= 15 is 0 Å². The zero-order valence-electron chi connectivity index (χ0n) is 14.4. The molecule has 1 saturated heterocycles. The van der Waals surface area contributed by atoms with E-state index in [1.165, 1.54) is 24.4 Å². The number of thioether (sulfide) groups is 1. The van der Waals surface area contributed by atoms with Crippen molar-refractivity contribution in [3.8, 4) is 16.9 Å². The highest BCUT2D eigenvalue weighted by molar-refractivity contribution is 8.18. The molecule has 0 bridgehead atoms. The first-order valence-corrected chi connectivity index (χ1v) is 9.02. The number of alkyl halides is 3. The summed E-state index contributed by atoms with van der Waals surface area (Å²) in [5.41, 5.74) is 1.54. The molecule has 0 spiro atoms. The molecule has 1 aliphatic rings. The number of amides is 2. The van der Waals surface area contributed by atoms with E-state index in [0.717, 1.165) is 11.8 Å². The second-order valence-corrected chi connectivity index (χ2v) is 7.05. The van der Waals surface area contributed by atoms with Crippen molar-refractivity contribution >= 4 is 40.0 Å². The fourth-order valence-electron chi connectivity index (χ4n) is 2.73. The minimum absolute atomic E-state index is 0.0586. The van der Waals surface area contributed by atoms with Crippen LogP contribution in [-0.4, -0.2) is 28.9 Å². The van der Waals surface area contributed by atoms with Crippen molar-refractivity contribution in [2.45, 2.75) is 6.18 Å². The molecule has 0 aliphatic carbocycles. The highest BCUT2D eigenvalue weighted by Crippen LogP contribution is 2.34. The third kappa shape index (κ3) is 4.27. The number of furan rings is 1. The van der Waals surface area contributed by atoms with Crippen molar-refractivity contribution in [3.63, 3.8) is 0 Å². The predicted molar refractivity (Wildman–Crippen MR) is 100 cm³/mol. The van der Waals surface area contributed by atoms with E-state index < -0.39 is 23.9 Å². The number of nitrogens with one attached hydrogen (secondary N) is 1. The summed E-state index contributed by atoms with van der Waals surface area (Å²) in [5, 5.41) is 2.32. The van der Waals surface area contributed by atoms with Crippen LogP contribution in [0.3, 0.4) is 0 Å². The van der Waals surface area contributed by atoms with Gasteiger partial charge in [-0.1, -0.05) is 12.1 Å². The number of hydrogen-bond acceptors (Lipinski definition) is 6. The van der Waals surface area contributed by atoms with Crippen molar-refractivity contribution < 1.29 is 31.9 Å². The highest BCUT2D eigenvalue weighted by Gasteiger charge is 2.28. The molecular weight excluding hydrogens is 409 g/mol. The third-order valence-corrected chi connectivity index (χ3v) is 4.72. The quantitative estimate of drug-likeness (QED) is 0.613. The zero-order chi connectivity index (χ0) is 20.6. The molecule has 1 fully saturated rings. The number of nitrogens with zero attached hydrogens (tertiary/aromatic N) is 1. The van der Waals surface area contributed by atoms with Crippen LogP contribution < -0.4 is 10.1 Å². The van der Waals surface area contributed by atoms with Gasteiger partial charge in [-0.05, 0) is 35.5 Å². The van der Waals surface area contributed by atoms with Crippen molar-refractivity contribution in [2.24, 2.45) is 0 Å². The summed E-state index contributed by atoms with van der Waals surface area (Å²) < 4.78 is 47.8. The molecule has 1 N–H and O–H groups in total. The van der Waals surface area contributed by atoms with Crippen LogP contribution in [0.1, 0.15) is 5.76 Å². The smallest absolute Gasteiger partial charge is 0.422 e. The van der Waals surface area contributed by atoms with Gasteiger partial charge in [-0.15, -0.1) is 0 Å². The van der Waals surface area contributed by atoms with Gasteiger partial charge in [0.15, 0.2) is 6.61 Å². The summed E-state index contributed by atoms with van der Waals surface area (Å²) in [6.07, 6.45) is 0.0813. The van der Waals surface area contributed by atoms with Crippen molar-refractivity contribution in [1.82, 2.24) is 10.3 Å². The largest absolute Gasteiger partial charge is 0.484 e. The molecular formula is C19H11F3N2O4S. The molecule has 2 aromatic heterocycles.